The van der Waals surface area contributed by atoms with Crippen LogP contribution in [0.1, 0.15) is 40.5 Å². The molecule has 0 aromatic carbocycles. The molecule has 0 aliphatic carbocycles. The van der Waals surface area contributed by atoms with E-state index in [1.807, 2.05) is 6.92 Å². The Morgan fingerprint density at radius 1 is 1.44 bits per heavy atom. The Morgan fingerprint density at radius 3 is 2.25 bits per heavy atom. The second-order valence-corrected chi connectivity index (χ2v) is 4.37. The molecule has 4 nitrogen and oxygen atoms in total. The molecule has 0 N–H and O–H groups in total. The number of ketones is 1. The SMILES string of the molecule is CCCC(C)N(C)C(C)(C(C)=O)C(=O)OC. The summed E-state index contributed by atoms with van der Waals surface area (Å²) in [4.78, 5) is 25.2. The van der Waals surface area contributed by atoms with Gasteiger partial charge in [-0.2, -0.15) is 0 Å². The van der Waals surface area contributed by atoms with Crippen LogP contribution in [0.5, 0.6) is 0 Å². The number of carbonyl (C=O) groups excluding carboxylic acids is 2. The van der Waals surface area contributed by atoms with Gasteiger partial charge >= 0.3 is 5.97 Å². The summed E-state index contributed by atoms with van der Waals surface area (Å²) in [5.41, 5.74) is -1.18. The van der Waals surface area contributed by atoms with Crippen molar-refractivity contribution in [1.29, 1.82) is 0 Å². The first-order valence-electron chi connectivity index (χ1n) is 5.64. The molecule has 2 unspecified atom stereocenters. The molecule has 0 bridgehead atoms. The fourth-order valence-electron chi connectivity index (χ4n) is 1.79. The van der Waals surface area contributed by atoms with Crippen LogP contribution in [0.15, 0.2) is 0 Å². The van der Waals surface area contributed by atoms with Crippen molar-refractivity contribution in [3.8, 4) is 0 Å². The van der Waals surface area contributed by atoms with Gasteiger partial charge in [0.2, 0.25) is 0 Å². The Morgan fingerprint density at radius 2 is 1.94 bits per heavy atom. The monoisotopic (exact) mass is 229 g/mol. The summed E-state index contributed by atoms with van der Waals surface area (Å²) in [6.07, 6.45) is 1.96. The first kappa shape index (κ1) is 15.1. The van der Waals surface area contributed by atoms with Crippen LogP contribution in [-0.2, 0) is 14.3 Å². The molecular weight excluding hydrogens is 206 g/mol. The number of rotatable bonds is 6. The standard InChI is InChI=1S/C12H23NO3/c1-7-8-9(2)13(5)12(4,10(3)14)11(15)16-6/h9H,7-8H2,1-6H3. The second-order valence-electron chi connectivity index (χ2n) is 4.37. The van der Waals surface area contributed by atoms with Crippen molar-refractivity contribution in [3.05, 3.63) is 0 Å². The molecule has 0 aliphatic heterocycles. The largest absolute Gasteiger partial charge is 0.467 e. The number of esters is 1. The lowest BCUT2D eigenvalue weighted by Crippen LogP contribution is -2.58. The summed E-state index contributed by atoms with van der Waals surface area (Å²) in [6.45, 7) is 7.13. The Labute approximate surface area is 98.0 Å². The summed E-state index contributed by atoms with van der Waals surface area (Å²) in [7, 11) is 3.10. The Kier molecular flexibility index (Phi) is 5.65. The number of nitrogens with zero attached hydrogens (tertiary/aromatic N) is 1. The van der Waals surface area contributed by atoms with Crippen LogP contribution in [0, 0.1) is 0 Å². The fourth-order valence-corrected chi connectivity index (χ4v) is 1.79. The van der Waals surface area contributed by atoms with Gasteiger partial charge in [-0.1, -0.05) is 13.3 Å². The zero-order chi connectivity index (χ0) is 12.9. The molecule has 0 saturated carbocycles. The van der Waals surface area contributed by atoms with Gasteiger partial charge in [-0.25, -0.2) is 4.79 Å². The topological polar surface area (TPSA) is 46.6 Å². The third-order valence-corrected chi connectivity index (χ3v) is 3.34. The molecule has 2 atom stereocenters. The van der Waals surface area contributed by atoms with Crippen LogP contribution in [0.4, 0.5) is 0 Å². The van der Waals surface area contributed by atoms with E-state index in [-0.39, 0.29) is 11.8 Å². The smallest absolute Gasteiger partial charge is 0.333 e. The quantitative estimate of drug-likeness (QED) is 0.513. The maximum Gasteiger partial charge on any atom is 0.333 e. The van der Waals surface area contributed by atoms with Crippen molar-refractivity contribution in [2.24, 2.45) is 0 Å². The highest BCUT2D eigenvalue weighted by Gasteiger charge is 2.44. The molecule has 0 fully saturated rings. The lowest BCUT2D eigenvalue weighted by Gasteiger charge is -2.38. The zero-order valence-electron chi connectivity index (χ0n) is 11.2. The Hall–Kier alpha value is -0.900. The summed E-state index contributed by atoms with van der Waals surface area (Å²) in [6, 6.07) is 0.165. The maximum atomic E-state index is 11.7. The van der Waals surface area contributed by atoms with Crippen molar-refractivity contribution in [1.82, 2.24) is 4.90 Å². The Balaban J connectivity index is 5.05. The summed E-state index contributed by atoms with van der Waals surface area (Å²) in [5, 5.41) is 0. The van der Waals surface area contributed by atoms with Crippen LogP contribution in [0.3, 0.4) is 0 Å². The van der Waals surface area contributed by atoms with Crippen molar-refractivity contribution in [2.45, 2.75) is 52.1 Å². The van der Waals surface area contributed by atoms with Crippen molar-refractivity contribution in [2.75, 3.05) is 14.2 Å². The van der Waals surface area contributed by atoms with Gasteiger partial charge in [0.05, 0.1) is 7.11 Å². The van der Waals surface area contributed by atoms with Gasteiger partial charge in [0.25, 0.3) is 0 Å². The molecule has 0 amide bonds. The number of ether oxygens (including phenoxy) is 1. The minimum atomic E-state index is -1.18. The Bertz CT molecular complexity index is 265. The number of likely N-dealkylation sites (N-methyl/N-ethyl adjacent to an activating group) is 1. The number of hydrogen-bond acceptors (Lipinski definition) is 4. The molecule has 0 saturated heterocycles. The maximum absolute atomic E-state index is 11.7. The molecule has 0 aliphatic rings. The molecule has 16 heavy (non-hydrogen) atoms. The van der Waals surface area contributed by atoms with Crippen molar-refractivity contribution >= 4 is 11.8 Å². The van der Waals surface area contributed by atoms with Crippen LogP contribution < -0.4 is 0 Å². The van der Waals surface area contributed by atoms with Crippen LogP contribution in [0.2, 0.25) is 0 Å². The van der Waals surface area contributed by atoms with Crippen LogP contribution in [0.25, 0.3) is 0 Å². The second kappa shape index (κ2) is 5.99. The predicted octanol–water partition coefficient (Wildman–Crippen LogP) is 1.63. The summed E-state index contributed by atoms with van der Waals surface area (Å²) >= 11 is 0. The van der Waals surface area contributed by atoms with E-state index >= 15 is 0 Å². The molecule has 0 heterocycles. The van der Waals surface area contributed by atoms with Gasteiger partial charge in [0.1, 0.15) is 0 Å². The van der Waals surface area contributed by atoms with Crippen LogP contribution >= 0.6 is 0 Å². The van der Waals surface area contributed by atoms with E-state index in [1.165, 1.54) is 14.0 Å². The highest BCUT2D eigenvalue weighted by Crippen LogP contribution is 2.21. The highest BCUT2D eigenvalue weighted by molar-refractivity contribution is 6.06. The number of methoxy groups -OCH3 is 1. The van der Waals surface area contributed by atoms with Gasteiger partial charge < -0.3 is 4.74 Å². The fraction of sp³-hybridized carbons (Fsp3) is 0.833. The lowest BCUT2D eigenvalue weighted by atomic mass is 9.93. The van der Waals surface area contributed by atoms with E-state index in [0.717, 1.165) is 12.8 Å². The summed E-state index contributed by atoms with van der Waals surface area (Å²) in [5.74, 6) is -0.685. The predicted molar refractivity (Wildman–Crippen MR) is 63.2 cm³/mol. The van der Waals surface area contributed by atoms with Gasteiger partial charge in [0.15, 0.2) is 11.3 Å². The first-order chi connectivity index (χ1) is 7.32. The number of hydrogen-bond donors (Lipinski definition) is 0. The minimum absolute atomic E-state index is 0.165. The molecule has 0 rings (SSSR count). The molecular formula is C12H23NO3. The lowest BCUT2D eigenvalue weighted by molar-refractivity contribution is -0.159. The van der Waals surface area contributed by atoms with E-state index in [2.05, 4.69) is 6.92 Å². The van der Waals surface area contributed by atoms with Gasteiger partial charge in [0, 0.05) is 6.04 Å². The highest BCUT2D eigenvalue weighted by atomic mass is 16.5. The molecule has 0 spiro atoms. The first-order valence-corrected chi connectivity index (χ1v) is 5.64. The molecule has 4 heteroatoms. The van der Waals surface area contributed by atoms with Crippen LogP contribution in [-0.4, -0.2) is 42.4 Å². The zero-order valence-corrected chi connectivity index (χ0v) is 11.2. The average Bonchev–Trinajstić information content (AvgIpc) is 2.25. The normalized spacial score (nSPS) is 16.7. The molecule has 94 valence electrons. The minimum Gasteiger partial charge on any atom is -0.467 e. The van der Waals surface area contributed by atoms with E-state index in [9.17, 15) is 9.59 Å². The molecule has 0 aromatic rings. The number of Topliss-reactive ketones (excluding diaryl/α,β-unsaturated/α-hetero) is 1. The van der Waals surface area contributed by atoms with Gasteiger partial charge in [-0.15, -0.1) is 0 Å². The van der Waals surface area contributed by atoms with Gasteiger partial charge in [-0.05, 0) is 34.2 Å². The third kappa shape index (κ3) is 2.82. The third-order valence-electron chi connectivity index (χ3n) is 3.34. The number of carbonyl (C=O) groups is 2. The van der Waals surface area contributed by atoms with E-state index in [1.54, 1.807) is 18.9 Å². The molecule has 0 radical (unpaired) electrons. The van der Waals surface area contributed by atoms with E-state index in [4.69, 9.17) is 4.74 Å². The van der Waals surface area contributed by atoms with Crippen molar-refractivity contribution in [3.63, 3.8) is 0 Å². The summed E-state index contributed by atoms with van der Waals surface area (Å²) < 4.78 is 4.72. The van der Waals surface area contributed by atoms with Gasteiger partial charge in [-0.3, -0.25) is 9.69 Å². The van der Waals surface area contributed by atoms with E-state index < -0.39 is 11.5 Å². The average molecular weight is 229 g/mol. The van der Waals surface area contributed by atoms with E-state index in [0.29, 0.717) is 0 Å². The van der Waals surface area contributed by atoms with Crippen molar-refractivity contribution < 1.29 is 14.3 Å². The molecule has 0 aromatic heterocycles.